The minimum Gasteiger partial charge on any atom is -0.455 e. The number of amidine groups is 1. The average Bonchev–Trinajstić information content (AvgIpc) is 2.87. The Kier molecular flexibility index (Phi) is 6.15. The first kappa shape index (κ1) is 22.5. The standard InChI is InChI=1S/C26H21F2N5O2/c1-2-34-14-24(29)33-25-18-10-15(17-4-3-8-31-26(17)28)5-6-21(18)35-22-13-32-20(12-19(22)25)16-7-9-30-23(27)11-16/h3-13,25H,2,14H2,1H3,(H2,29,33). The third-order valence-corrected chi connectivity index (χ3v) is 5.56. The quantitative estimate of drug-likeness (QED) is 0.239. The predicted molar refractivity (Wildman–Crippen MR) is 127 cm³/mol. The third kappa shape index (κ3) is 4.58. The predicted octanol–water partition coefficient (Wildman–Crippen LogP) is 5.07. The highest BCUT2D eigenvalue weighted by Gasteiger charge is 2.29. The topological polar surface area (TPSA) is 95.5 Å². The van der Waals surface area contributed by atoms with Crippen LogP contribution in [-0.4, -0.2) is 34.0 Å². The molecule has 1 atom stereocenters. The Morgan fingerprint density at radius 2 is 1.86 bits per heavy atom. The Hall–Kier alpha value is -4.24. The molecule has 3 aromatic heterocycles. The van der Waals surface area contributed by atoms with Crippen molar-refractivity contribution in [2.45, 2.75) is 13.0 Å². The largest absolute Gasteiger partial charge is 0.455 e. The minimum atomic E-state index is -0.609. The first-order chi connectivity index (χ1) is 17.0. The number of nitrogens with zero attached hydrogens (tertiary/aromatic N) is 4. The number of benzene rings is 1. The van der Waals surface area contributed by atoms with Crippen LogP contribution in [-0.2, 0) is 4.74 Å². The molecule has 1 aliphatic rings. The van der Waals surface area contributed by atoms with Crippen molar-refractivity contribution in [1.82, 2.24) is 15.0 Å². The van der Waals surface area contributed by atoms with Gasteiger partial charge in [-0.25, -0.2) is 9.97 Å². The Bertz CT molecular complexity index is 1430. The van der Waals surface area contributed by atoms with E-state index in [0.717, 1.165) is 0 Å². The van der Waals surface area contributed by atoms with E-state index in [1.165, 1.54) is 18.5 Å². The SMILES string of the molecule is CCOCC(N)=NC1c2cc(-c3cccnc3F)ccc2Oc2cnc(-c3ccnc(F)c3)cc21. The van der Waals surface area contributed by atoms with Gasteiger partial charge in [0.2, 0.25) is 11.9 Å². The van der Waals surface area contributed by atoms with E-state index in [-0.39, 0.29) is 6.61 Å². The van der Waals surface area contributed by atoms with E-state index in [1.54, 1.807) is 42.6 Å². The van der Waals surface area contributed by atoms with Crippen molar-refractivity contribution in [1.29, 1.82) is 0 Å². The highest BCUT2D eigenvalue weighted by Crippen LogP contribution is 2.46. The molecule has 7 nitrogen and oxygen atoms in total. The molecule has 1 aromatic carbocycles. The Labute approximate surface area is 200 Å². The number of ether oxygens (including phenoxy) is 2. The van der Waals surface area contributed by atoms with Crippen LogP contribution in [0.5, 0.6) is 11.5 Å². The molecule has 4 heterocycles. The smallest absolute Gasteiger partial charge is 0.220 e. The second-order valence-corrected chi connectivity index (χ2v) is 7.83. The molecule has 0 saturated heterocycles. The summed E-state index contributed by atoms with van der Waals surface area (Å²) < 4.78 is 39.7. The number of rotatable bonds is 6. The number of aliphatic imine (C=N–C) groups is 1. The van der Waals surface area contributed by atoms with Gasteiger partial charge >= 0.3 is 0 Å². The normalized spacial score (nSPS) is 14.7. The maximum Gasteiger partial charge on any atom is 0.220 e. The molecule has 35 heavy (non-hydrogen) atoms. The molecular formula is C26H21F2N5O2. The molecule has 0 fully saturated rings. The van der Waals surface area contributed by atoms with E-state index in [1.807, 2.05) is 13.0 Å². The summed E-state index contributed by atoms with van der Waals surface area (Å²) >= 11 is 0. The first-order valence-electron chi connectivity index (χ1n) is 11.0. The summed E-state index contributed by atoms with van der Waals surface area (Å²) in [5.74, 6) is 0.151. The second-order valence-electron chi connectivity index (χ2n) is 7.83. The van der Waals surface area contributed by atoms with Crippen molar-refractivity contribution in [2.75, 3.05) is 13.2 Å². The van der Waals surface area contributed by atoms with E-state index in [0.29, 0.717) is 57.5 Å². The monoisotopic (exact) mass is 473 g/mol. The van der Waals surface area contributed by atoms with Crippen LogP contribution in [0.25, 0.3) is 22.4 Å². The van der Waals surface area contributed by atoms with Crippen molar-refractivity contribution >= 4 is 5.84 Å². The lowest BCUT2D eigenvalue weighted by Crippen LogP contribution is -2.22. The molecule has 0 saturated carbocycles. The fraction of sp³-hybridized carbons (Fsp3) is 0.154. The van der Waals surface area contributed by atoms with Gasteiger partial charge in [0.25, 0.3) is 0 Å². The number of fused-ring (bicyclic) bond motifs is 2. The zero-order valence-electron chi connectivity index (χ0n) is 18.8. The second kappa shape index (κ2) is 9.55. The highest BCUT2D eigenvalue weighted by atomic mass is 19.1. The Morgan fingerprint density at radius 1 is 1.00 bits per heavy atom. The van der Waals surface area contributed by atoms with Crippen LogP contribution in [0.2, 0.25) is 0 Å². The van der Waals surface area contributed by atoms with Gasteiger partial charge in [0.05, 0.1) is 11.9 Å². The molecule has 0 bridgehead atoms. The molecule has 5 rings (SSSR count). The van der Waals surface area contributed by atoms with E-state index in [2.05, 4.69) is 15.0 Å². The zero-order chi connectivity index (χ0) is 24.4. The fourth-order valence-corrected chi connectivity index (χ4v) is 3.94. The van der Waals surface area contributed by atoms with Gasteiger partial charge < -0.3 is 15.2 Å². The van der Waals surface area contributed by atoms with Gasteiger partial charge in [0.15, 0.2) is 5.75 Å². The van der Waals surface area contributed by atoms with Gasteiger partial charge in [0, 0.05) is 47.3 Å². The molecule has 1 aliphatic heterocycles. The van der Waals surface area contributed by atoms with Gasteiger partial charge in [-0.3, -0.25) is 9.98 Å². The van der Waals surface area contributed by atoms with Crippen molar-refractivity contribution in [3.05, 3.63) is 90.1 Å². The molecule has 4 aromatic rings. The molecule has 0 radical (unpaired) electrons. The number of aromatic nitrogens is 3. The van der Waals surface area contributed by atoms with Crippen molar-refractivity contribution in [3.63, 3.8) is 0 Å². The van der Waals surface area contributed by atoms with Crippen LogP contribution in [0.4, 0.5) is 8.78 Å². The summed E-state index contributed by atoms with van der Waals surface area (Å²) in [6, 6.07) is 12.8. The summed E-state index contributed by atoms with van der Waals surface area (Å²) in [4.78, 5) is 16.5. The number of hydrogen-bond donors (Lipinski definition) is 1. The molecular weight excluding hydrogens is 452 g/mol. The first-order valence-corrected chi connectivity index (χ1v) is 11.0. The zero-order valence-corrected chi connectivity index (χ0v) is 18.8. The van der Waals surface area contributed by atoms with Gasteiger partial charge in [-0.1, -0.05) is 6.07 Å². The number of hydrogen-bond acceptors (Lipinski definition) is 6. The molecule has 0 spiro atoms. The van der Waals surface area contributed by atoms with E-state index in [4.69, 9.17) is 20.2 Å². The summed E-state index contributed by atoms with van der Waals surface area (Å²) in [6.45, 7) is 2.51. The molecule has 0 amide bonds. The van der Waals surface area contributed by atoms with Gasteiger partial charge in [-0.15, -0.1) is 0 Å². The molecule has 0 aliphatic carbocycles. The van der Waals surface area contributed by atoms with Crippen LogP contribution in [0, 0.1) is 11.9 Å². The lowest BCUT2D eigenvalue weighted by Gasteiger charge is -2.27. The van der Waals surface area contributed by atoms with Gasteiger partial charge in [-0.05, 0) is 48.9 Å². The summed E-state index contributed by atoms with van der Waals surface area (Å²) in [6.07, 6.45) is 4.35. The van der Waals surface area contributed by atoms with Crippen molar-refractivity contribution in [3.8, 4) is 33.9 Å². The lowest BCUT2D eigenvalue weighted by atomic mass is 9.92. The molecule has 9 heteroatoms. The van der Waals surface area contributed by atoms with Crippen molar-refractivity contribution in [2.24, 2.45) is 10.7 Å². The maximum absolute atomic E-state index is 14.4. The maximum atomic E-state index is 14.4. The highest BCUT2D eigenvalue weighted by molar-refractivity contribution is 5.82. The van der Waals surface area contributed by atoms with Crippen molar-refractivity contribution < 1.29 is 18.3 Å². The molecule has 1 unspecified atom stereocenters. The van der Waals surface area contributed by atoms with Crippen LogP contribution in [0.15, 0.2) is 72.1 Å². The summed E-state index contributed by atoms with van der Waals surface area (Å²) in [5.41, 5.74) is 9.62. The van der Waals surface area contributed by atoms with Gasteiger partial charge in [0.1, 0.15) is 24.2 Å². The van der Waals surface area contributed by atoms with Crippen LogP contribution in [0.1, 0.15) is 24.1 Å². The Balaban J connectivity index is 1.65. The Morgan fingerprint density at radius 3 is 2.66 bits per heavy atom. The summed E-state index contributed by atoms with van der Waals surface area (Å²) in [5, 5.41) is 0. The molecule has 2 N–H and O–H groups in total. The molecule has 176 valence electrons. The van der Waals surface area contributed by atoms with Crippen LogP contribution >= 0.6 is 0 Å². The third-order valence-electron chi connectivity index (χ3n) is 5.56. The van der Waals surface area contributed by atoms with E-state index >= 15 is 0 Å². The fourth-order valence-electron chi connectivity index (χ4n) is 3.94. The van der Waals surface area contributed by atoms with E-state index in [9.17, 15) is 8.78 Å². The summed E-state index contributed by atoms with van der Waals surface area (Å²) in [7, 11) is 0. The van der Waals surface area contributed by atoms with E-state index < -0.39 is 17.9 Å². The lowest BCUT2D eigenvalue weighted by molar-refractivity contribution is 0.186. The van der Waals surface area contributed by atoms with Gasteiger partial charge in [-0.2, -0.15) is 8.78 Å². The minimum absolute atomic E-state index is 0.156. The average molecular weight is 473 g/mol. The number of halogens is 2. The van der Waals surface area contributed by atoms with Crippen LogP contribution < -0.4 is 10.5 Å². The number of pyridine rings is 3. The van der Waals surface area contributed by atoms with Crippen LogP contribution in [0.3, 0.4) is 0 Å². The number of nitrogens with two attached hydrogens (primary N) is 1.